The Morgan fingerprint density at radius 1 is 0.868 bits per heavy atom. The van der Waals surface area contributed by atoms with Gasteiger partial charge in [-0.15, -0.1) is 0 Å². The molecule has 1 amide bonds. The number of nitrogens with one attached hydrogen (secondary N) is 2. The Hall–Kier alpha value is -1.30. The Bertz CT molecular complexity index is 840. The van der Waals surface area contributed by atoms with E-state index in [9.17, 15) is 29.4 Å². The first kappa shape index (κ1) is 34.7. The smallest absolute Gasteiger partial charge is 0.327 e. The molecule has 0 aromatic heterocycles. The number of aliphatic carboxylic acids is 2. The predicted molar refractivity (Wildman–Crippen MR) is 154 cm³/mol. The van der Waals surface area contributed by atoms with Gasteiger partial charge < -0.3 is 20.3 Å². The lowest BCUT2D eigenvalue weighted by Gasteiger charge is -2.37. The lowest BCUT2D eigenvalue weighted by molar-refractivity contribution is -0.146. The molecule has 0 bridgehead atoms. The van der Waals surface area contributed by atoms with Crippen molar-refractivity contribution in [3.05, 3.63) is 0 Å². The summed E-state index contributed by atoms with van der Waals surface area (Å²) in [4.78, 5) is 48.6. The van der Waals surface area contributed by atoms with Crippen LogP contribution >= 0.6 is 23.5 Å². The number of hydrogen-bond acceptors (Lipinski definition) is 8. The van der Waals surface area contributed by atoms with E-state index in [4.69, 9.17) is 4.74 Å². The van der Waals surface area contributed by atoms with Crippen LogP contribution in [0, 0.1) is 11.3 Å². The molecule has 0 aromatic carbocycles. The first-order valence-electron chi connectivity index (χ1n) is 13.2. The van der Waals surface area contributed by atoms with Crippen LogP contribution in [0.4, 0.5) is 0 Å². The minimum Gasteiger partial charge on any atom is -0.480 e. The highest BCUT2D eigenvalue weighted by Crippen LogP contribution is 2.40. The number of ketones is 1. The van der Waals surface area contributed by atoms with E-state index >= 15 is 0 Å². The molecule has 9 nitrogen and oxygen atoms in total. The number of ether oxygens (including phenoxy) is 1. The zero-order valence-electron chi connectivity index (χ0n) is 24.4. The van der Waals surface area contributed by atoms with Gasteiger partial charge in [-0.1, -0.05) is 13.8 Å². The summed E-state index contributed by atoms with van der Waals surface area (Å²) >= 11 is 3.11. The number of carbonyl (C=O) groups is 4. The summed E-state index contributed by atoms with van der Waals surface area (Å²) < 4.78 is 5.93. The normalized spacial score (nSPS) is 19.9. The SMILES string of the molecule is CC(C)C(=O)CC(C)(C)OCC(C)(C)C(=O)NC(CSC1CCC1SCC(NC(C)(C)C)C(=O)O)C(=O)O. The van der Waals surface area contributed by atoms with E-state index in [2.05, 4.69) is 10.6 Å². The third-order valence-electron chi connectivity index (χ3n) is 6.30. The van der Waals surface area contributed by atoms with Gasteiger partial charge in [0.15, 0.2) is 0 Å². The van der Waals surface area contributed by atoms with Gasteiger partial charge in [0, 0.05) is 39.9 Å². The third kappa shape index (κ3) is 12.3. The maximum Gasteiger partial charge on any atom is 0.327 e. The second-order valence-corrected chi connectivity index (χ2v) is 15.2. The largest absolute Gasteiger partial charge is 0.480 e. The van der Waals surface area contributed by atoms with Gasteiger partial charge in [-0.05, 0) is 61.3 Å². The third-order valence-corrected chi connectivity index (χ3v) is 9.50. The maximum absolute atomic E-state index is 13.0. The monoisotopic (exact) mass is 576 g/mol. The van der Waals surface area contributed by atoms with E-state index in [1.807, 2.05) is 48.5 Å². The topological polar surface area (TPSA) is 142 Å². The molecule has 0 radical (unpaired) electrons. The summed E-state index contributed by atoms with van der Waals surface area (Å²) in [6.45, 7) is 16.5. The zero-order chi connectivity index (χ0) is 29.5. The highest BCUT2D eigenvalue weighted by Gasteiger charge is 2.37. The molecule has 1 fully saturated rings. The molecule has 11 heteroatoms. The minimum atomic E-state index is -1.10. The summed E-state index contributed by atoms with van der Waals surface area (Å²) in [5.41, 5.74) is -2.04. The van der Waals surface area contributed by atoms with E-state index in [1.165, 1.54) is 11.8 Å². The maximum atomic E-state index is 13.0. The van der Waals surface area contributed by atoms with Crippen LogP contribution in [0.25, 0.3) is 0 Å². The van der Waals surface area contributed by atoms with Crippen molar-refractivity contribution in [2.75, 3.05) is 18.1 Å². The van der Waals surface area contributed by atoms with Crippen molar-refractivity contribution in [2.24, 2.45) is 11.3 Å². The number of carboxylic acids is 2. The molecule has 0 heterocycles. The van der Waals surface area contributed by atoms with E-state index in [0.29, 0.717) is 5.75 Å². The average molecular weight is 577 g/mol. The highest BCUT2D eigenvalue weighted by atomic mass is 32.2. The van der Waals surface area contributed by atoms with Gasteiger partial charge in [-0.25, -0.2) is 4.79 Å². The molecule has 0 saturated heterocycles. The lowest BCUT2D eigenvalue weighted by Crippen LogP contribution is -2.50. The summed E-state index contributed by atoms with van der Waals surface area (Å²) in [6.07, 6.45) is 2.11. The van der Waals surface area contributed by atoms with Crippen molar-refractivity contribution in [2.45, 2.75) is 115 Å². The van der Waals surface area contributed by atoms with Crippen LogP contribution in [0.1, 0.15) is 81.6 Å². The predicted octanol–water partition coefficient (Wildman–Crippen LogP) is 3.83. The van der Waals surface area contributed by atoms with Crippen molar-refractivity contribution in [3.8, 4) is 0 Å². The highest BCUT2D eigenvalue weighted by molar-refractivity contribution is 8.04. The number of Topliss-reactive ketones (excluding diaryl/α,β-unsaturated/α-hetero) is 1. The fourth-order valence-corrected chi connectivity index (χ4v) is 6.71. The number of thioether (sulfide) groups is 2. The Labute approximate surface area is 236 Å². The molecule has 1 aliphatic rings. The van der Waals surface area contributed by atoms with Crippen LogP contribution in [0.15, 0.2) is 0 Å². The van der Waals surface area contributed by atoms with Crippen molar-refractivity contribution in [1.29, 1.82) is 0 Å². The van der Waals surface area contributed by atoms with E-state index in [-0.39, 0.29) is 46.5 Å². The molecular weight excluding hydrogens is 528 g/mol. The number of hydrogen-bond donors (Lipinski definition) is 4. The van der Waals surface area contributed by atoms with Crippen LogP contribution < -0.4 is 10.6 Å². The second-order valence-electron chi connectivity index (χ2n) is 12.7. The van der Waals surface area contributed by atoms with Crippen LogP contribution in [0.5, 0.6) is 0 Å². The Morgan fingerprint density at radius 3 is 1.74 bits per heavy atom. The molecule has 38 heavy (non-hydrogen) atoms. The molecule has 0 aromatic rings. The van der Waals surface area contributed by atoms with E-state index in [0.717, 1.165) is 12.8 Å². The first-order chi connectivity index (χ1) is 17.2. The molecule has 220 valence electrons. The average Bonchev–Trinajstić information content (AvgIpc) is 2.74. The van der Waals surface area contributed by atoms with Crippen molar-refractivity contribution in [3.63, 3.8) is 0 Å². The summed E-state index contributed by atoms with van der Waals surface area (Å²) in [7, 11) is 0. The van der Waals surface area contributed by atoms with Gasteiger partial charge in [-0.3, -0.25) is 19.7 Å². The van der Waals surface area contributed by atoms with Crippen molar-refractivity contribution in [1.82, 2.24) is 10.6 Å². The van der Waals surface area contributed by atoms with Gasteiger partial charge in [0.05, 0.1) is 17.6 Å². The van der Waals surface area contributed by atoms with Crippen LogP contribution in [0.2, 0.25) is 0 Å². The molecule has 0 spiro atoms. The number of amides is 1. The van der Waals surface area contributed by atoms with Crippen molar-refractivity contribution < 1.29 is 34.1 Å². The fraction of sp³-hybridized carbons (Fsp3) is 0.852. The minimum absolute atomic E-state index is 0.0470. The first-order valence-corrected chi connectivity index (χ1v) is 15.3. The summed E-state index contributed by atoms with van der Waals surface area (Å²) in [5.74, 6) is -1.78. The number of rotatable bonds is 17. The molecule has 4 unspecified atom stereocenters. The number of carbonyl (C=O) groups excluding carboxylic acids is 2. The van der Waals surface area contributed by atoms with Crippen molar-refractivity contribution >= 4 is 47.2 Å². The van der Waals surface area contributed by atoms with Crippen LogP contribution in [0.3, 0.4) is 0 Å². The van der Waals surface area contributed by atoms with E-state index < -0.39 is 40.9 Å². The summed E-state index contributed by atoms with van der Waals surface area (Å²) in [6, 6.07) is -1.71. The molecule has 4 atom stereocenters. The number of carboxylic acid groups (broad SMARTS) is 2. The van der Waals surface area contributed by atoms with Crippen LogP contribution in [-0.2, 0) is 23.9 Å². The molecule has 0 aliphatic heterocycles. The zero-order valence-corrected chi connectivity index (χ0v) is 26.0. The molecule has 4 N–H and O–H groups in total. The summed E-state index contributed by atoms with van der Waals surface area (Å²) in [5, 5.41) is 25.5. The molecule has 1 saturated carbocycles. The van der Waals surface area contributed by atoms with Gasteiger partial charge in [0.25, 0.3) is 0 Å². The van der Waals surface area contributed by atoms with E-state index in [1.54, 1.807) is 25.6 Å². The molecule has 1 rings (SSSR count). The van der Waals surface area contributed by atoms with Gasteiger partial charge in [0.2, 0.25) is 5.91 Å². The molecular formula is C27H48N2O7S2. The van der Waals surface area contributed by atoms with Crippen LogP contribution in [-0.4, -0.2) is 85.7 Å². The van der Waals surface area contributed by atoms with Gasteiger partial charge in [-0.2, -0.15) is 23.5 Å². The lowest BCUT2D eigenvalue weighted by atomic mass is 9.91. The second kappa shape index (κ2) is 14.4. The Morgan fingerprint density at radius 2 is 1.34 bits per heavy atom. The Kier molecular flexibility index (Phi) is 13.1. The van der Waals surface area contributed by atoms with Gasteiger partial charge in [0.1, 0.15) is 17.9 Å². The van der Waals surface area contributed by atoms with Gasteiger partial charge >= 0.3 is 11.9 Å². The Balaban J connectivity index is 2.62. The standard InChI is InChI=1S/C27H48N2O7S2/c1-16(2)19(30)12-27(8,9)36-15-26(6,7)24(35)28-17(22(31)32)13-37-20-10-11-21(20)38-14-18(23(33)34)29-25(3,4)5/h16-18,20-21,29H,10-15H2,1-9H3,(H,28,35)(H,31,32)(H,33,34). The fourth-order valence-electron chi connectivity index (χ4n) is 3.60. The quantitative estimate of drug-likeness (QED) is 0.202. The molecule has 1 aliphatic carbocycles.